The van der Waals surface area contributed by atoms with E-state index in [0.29, 0.717) is 31.1 Å². The first-order chi connectivity index (χ1) is 17.2. The molecular weight excluding hydrogens is 442 g/mol. The number of anilines is 1. The van der Waals surface area contributed by atoms with Gasteiger partial charge in [0.15, 0.2) is 0 Å². The molecule has 35 heavy (non-hydrogen) atoms. The fourth-order valence-electron chi connectivity index (χ4n) is 4.66. The number of hydrogen-bond donors (Lipinski definition) is 1. The van der Waals surface area contributed by atoms with Gasteiger partial charge in [-0.2, -0.15) is 0 Å². The summed E-state index contributed by atoms with van der Waals surface area (Å²) < 4.78 is 17.4. The Bertz CT molecular complexity index is 1160. The van der Waals surface area contributed by atoms with Crippen molar-refractivity contribution in [3.63, 3.8) is 0 Å². The van der Waals surface area contributed by atoms with E-state index >= 15 is 0 Å². The number of carbonyl (C=O) groups excluding carboxylic acids is 1. The summed E-state index contributed by atoms with van der Waals surface area (Å²) in [6, 6.07) is 15.5. The van der Waals surface area contributed by atoms with Crippen LogP contribution >= 0.6 is 0 Å². The summed E-state index contributed by atoms with van der Waals surface area (Å²) in [4.78, 5) is 19.7. The van der Waals surface area contributed by atoms with Gasteiger partial charge in [-0.25, -0.2) is 0 Å². The number of amides is 1. The average molecular weight is 474 g/mol. The van der Waals surface area contributed by atoms with Gasteiger partial charge in [0.25, 0.3) is 0 Å². The number of pyridine rings is 1. The first-order valence-electron chi connectivity index (χ1n) is 12.2. The van der Waals surface area contributed by atoms with Crippen molar-refractivity contribution >= 4 is 11.6 Å². The fraction of sp³-hybridized carbons (Fsp3) is 0.357. The van der Waals surface area contributed by atoms with Gasteiger partial charge in [-0.05, 0) is 91.5 Å². The zero-order chi connectivity index (χ0) is 24.0. The maximum atomic E-state index is 13.2. The number of aromatic nitrogens is 1. The van der Waals surface area contributed by atoms with E-state index in [0.717, 1.165) is 47.8 Å². The second-order valence-corrected chi connectivity index (χ2v) is 9.02. The van der Waals surface area contributed by atoms with Gasteiger partial charge < -0.3 is 19.5 Å². The van der Waals surface area contributed by atoms with Crippen LogP contribution < -0.4 is 19.5 Å². The smallest absolute Gasteiger partial charge is 0.231 e. The van der Waals surface area contributed by atoms with E-state index in [4.69, 9.17) is 14.2 Å². The Hall–Kier alpha value is -3.58. The van der Waals surface area contributed by atoms with Gasteiger partial charge in [0.2, 0.25) is 5.91 Å². The molecule has 0 bridgehead atoms. The lowest BCUT2D eigenvalue weighted by molar-refractivity contribution is -0.121. The van der Waals surface area contributed by atoms with E-state index in [1.807, 2.05) is 48.5 Å². The number of nitrogens with one attached hydrogen (secondary N) is 1. The molecule has 0 aliphatic carbocycles. The van der Waals surface area contributed by atoms with Crippen molar-refractivity contribution in [2.45, 2.75) is 19.3 Å². The number of fused-ring (bicyclic) bond motifs is 1. The van der Waals surface area contributed by atoms with Crippen molar-refractivity contribution in [2.75, 3.05) is 45.3 Å². The highest BCUT2D eigenvalue weighted by Crippen LogP contribution is 2.34. The summed E-state index contributed by atoms with van der Waals surface area (Å²) in [6.07, 6.45) is 6.64. The van der Waals surface area contributed by atoms with Crippen molar-refractivity contribution in [1.29, 1.82) is 0 Å². The third-order valence-corrected chi connectivity index (χ3v) is 6.66. The third-order valence-electron chi connectivity index (χ3n) is 6.66. The molecule has 2 aliphatic heterocycles. The second kappa shape index (κ2) is 10.8. The number of carbonyl (C=O) groups is 1. The quantitative estimate of drug-likeness (QED) is 0.522. The number of likely N-dealkylation sites (tertiary alicyclic amines) is 1. The summed E-state index contributed by atoms with van der Waals surface area (Å²) in [6.45, 7) is 4.03. The van der Waals surface area contributed by atoms with Crippen LogP contribution in [0, 0.1) is 5.92 Å². The van der Waals surface area contributed by atoms with Crippen LogP contribution in [0.15, 0.2) is 60.9 Å². The largest absolute Gasteiger partial charge is 0.497 e. The zero-order valence-corrected chi connectivity index (χ0v) is 20.0. The average Bonchev–Trinajstić information content (AvgIpc) is 3.43. The highest BCUT2D eigenvalue weighted by Gasteiger charge is 2.27. The van der Waals surface area contributed by atoms with Crippen LogP contribution in [0.4, 0.5) is 5.69 Å². The SMILES string of the molecule is COc1ccc2c(c1)CC(C(=O)Nc1ccc(-c3ccncc3)cc1OCCN1CCCC1)CO2. The normalized spacial score (nSPS) is 17.3. The van der Waals surface area contributed by atoms with Crippen molar-refractivity contribution in [3.05, 3.63) is 66.5 Å². The molecule has 1 saturated heterocycles. The van der Waals surface area contributed by atoms with Crippen molar-refractivity contribution in [3.8, 4) is 28.4 Å². The van der Waals surface area contributed by atoms with E-state index < -0.39 is 0 Å². The Balaban J connectivity index is 1.32. The molecule has 1 N–H and O–H groups in total. The van der Waals surface area contributed by atoms with Gasteiger partial charge in [0.1, 0.15) is 30.5 Å². The van der Waals surface area contributed by atoms with Crippen LogP contribution in [-0.2, 0) is 11.2 Å². The van der Waals surface area contributed by atoms with Gasteiger partial charge in [-0.1, -0.05) is 6.07 Å². The molecule has 2 aromatic carbocycles. The molecule has 0 saturated carbocycles. The topological polar surface area (TPSA) is 72.9 Å². The van der Waals surface area contributed by atoms with E-state index in [1.54, 1.807) is 19.5 Å². The number of benzene rings is 2. The van der Waals surface area contributed by atoms with E-state index in [-0.39, 0.29) is 11.8 Å². The molecule has 1 fully saturated rings. The minimum absolute atomic E-state index is 0.0838. The zero-order valence-electron chi connectivity index (χ0n) is 20.0. The fourth-order valence-corrected chi connectivity index (χ4v) is 4.66. The highest BCUT2D eigenvalue weighted by molar-refractivity contribution is 5.95. The number of rotatable bonds is 8. The molecule has 3 heterocycles. The standard InChI is InChI=1S/C28H31N3O4/c1-33-24-5-7-26-22(17-24)16-23(19-35-26)28(32)30-25-6-4-21(20-8-10-29-11-9-20)18-27(25)34-15-14-31-12-2-3-13-31/h4-11,17-18,23H,2-3,12-16,19H2,1H3,(H,30,32). The number of methoxy groups -OCH3 is 1. The van der Waals surface area contributed by atoms with E-state index in [1.165, 1.54) is 12.8 Å². The van der Waals surface area contributed by atoms with Gasteiger partial charge >= 0.3 is 0 Å². The van der Waals surface area contributed by atoms with E-state index in [9.17, 15) is 4.79 Å². The maximum Gasteiger partial charge on any atom is 0.231 e. The Kier molecular flexibility index (Phi) is 7.14. The minimum atomic E-state index is -0.299. The van der Waals surface area contributed by atoms with Crippen LogP contribution in [0.2, 0.25) is 0 Å². The molecule has 2 aliphatic rings. The van der Waals surface area contributed by atoms with Crippen LogP contribution in [0.3, 0.4) is 0 Å². The van der Waals surface area contributed by atoms with Crippen molar-refractivity contribution in [2.24, 2.45) is 5.92 Å². The molecule has 5 rings (SSSR count). The molecular formula is C28H31N3O4. The summed E-state index contributed by atoms with van der Waals surface area (Å²) in [5, 5.41) is 3.10. The molecule has 1 unspecified atom stereocenters. The molecule has 182 valence electrons. The van der Waals surface area contributed by atoms with Gasteiger partial charge in [0, 0.05) is 18.9 Å². The summed E-state index contributed by atoms with van der Waals surface area (Å²) >= 11 is 0. The molecule has 0 spiro atoms. The van der Waals surface area contributed by atoms with Gasteiger partial charge in [-0.3, -0.25) is 14.7 Å². The van der Waals surface area contributed by atoms with Crippen LogP contribution in [0.1, 0.15) is 18.4 Å². The predicted octanol–water partition coefficient (Wildman–Crippen LogP) is 4.42. The molecule has 1 atom stereocenters. The first-order valence-corrected chi connectivity index (χ1v) is 12.2. The predicted molar refractivity (Wildman–Crippen MR) is 135 cm³/mol. The van der Waals surface area contributed by atoms with Crippen LogP contribution in [0.5, 0.6) is 17.2 Å². The lowest BCUT2D eigenvalue weighted by atomic mass is 9.95. The molecule has 1 amide bonds. The summed E-state index contributed by atoms with van der Waals surface area (Å²) in [5.41, 5.74) is 3.72. The van der Waals surface area contributed by atoms with Crippen LogP contribution in [-0.4, -0.2) is 55.7 Å². The lowest BCUT2D eigenvalue weighted by Crippen LogP contribution is -2.32. The highest BCUT2D eigenvalue weighted by atomic mass is 16.5. The Morgan fingerprint density at radius 2 is 1.91 bits per heavy atom. The molecule has 1 aromatic heterocycles. The number of nitrogens with zero attached hydrogens (tertiary/aromatic N) is 2. The molecule has 3 aromatic rings. The van der Waals surface area contributed by atoms with Crippen molar-refractivity contribution < 1.29 is 19.0 Å². The monoisotopic (exact) mass is 473 g/mol. The number of hydrogen-bond acceptors (Lipinski definition) is 6. The van der Waals surface area contributed by atoms with Crippen molar-refractivity contribution in [1.82, 2.24) is 9.88 Å². The Labute approximate surface area is 206 Å². The number of ether oxygens (including phenoxy) is 3. The van der Waals surface area contributed by atoms with E-state index in [2.05, 4.69) is 15.2 Å². The van der Waals surface area contributed by atoms with Gasteiger partial charge in [-0.15, -0.1) is 0 Å². The maximum absolute atomic E-state index is 13.2. The minimum Gasteiger partial charge on any atom is -0.497 e. The lowest BCUT2D eigenvalue weighted by Gasteiger charge is -2.25. The molecule has 7 nitrogen and oxygen atoms in total. The molecule has 7 heteroatoms. The Morgan fingerprint density at radius 3 is 2.71 bits per heavy atom. The Morgan fingerprint density at radius 1 is 1.09 bits per heavy atom. The summed E-state index contributed by atoms with van der Waals surface area (Å²) in [7, 11) is 1.64. The van der Waals surface area contributed by atoms with Crippen LogP contribution in [0.25, 0.3) is 11.1 Å². The summed E-state index contributed by atoms with van der Waals surface area (Å²) in [5.74, 6) is 1.85. The molecule has 0 radical (unpaired) electrons. The first kappa shape index (κ1) is 23.2. The second-order valence-electron chi connectivity index (χ2n) is 9.02. The van der Waals surface area contributed by atoms with Gasteiger partial charge in [0.05, 0.1) is 18.7 Å². The third kappa shape index (κ3) is 5.57.